The Morgan fingerprint density at radius 3 is 2.38 bits per heavy atom. The Morgan fingerprint density at radius 1 is 0.971 bits per heavy atom. The predicted octanol–water partition coefficient (Wildman–Crippen LogP) is 5.86. The summed E-state index contributed by atoms with van der Waals surface area (Å²) in [6.45, 7) is 3.73. The number of sulfonamides is 1. The zero-order chi connectivity index (χ0) is 24.7. The van der Waals surface area contributed by atoms with Gasteiger partial charge in [0.25, 0.3) is 10.0 Å². The van der Waals surface area contributed by atoms with Crippen LogP contribution in [0.1, 0.15) is 16.7 Å². The van der Waals surface area contributed by atoms with Gasteiger partial charge in [0.15, 0.2) is 0 Å². The highest BCUT2D eigenvalue weighted by Gasteiger charge is 2.28. The summed E-state index contributed by atoms with van der Waals surface area (Å²) in [6.07, 6.45) is 0. The van der Waals surface area contributed by atoms with Crippen molar-refractivity contribution in [3.63, 3.8) is 0 Å². The van der Waals surface area contributed by atoms with E-state index in [1.54, 1.807) is 61.2 Å². The Kier molecular flexibility index (Phi) is 9.31. The molecule has 0 aliphatic carbocycles. The summed E-state index contributed by atoms with van der Waals surface area (Å²) in [5, 5.41) is 3.91. The maximum atomic E-state index is 13.5. The van der Waals surface area contributed by atoms with E-state index in [1.807, 2.05) is 31.2 Å². The molecule has 1 N–H and O–H groups in total. The third-order valence-corrected chi connectivity index (χ3v) is 8.34. The van der Waals surface area contributed by atoms with Crippen LogP contribution in [0.25, 0.3) is 0 Å². The summed E-state index contributed by atoms with van der Waals surface area (Å²) >= 11 is 13.8. The topological polar surface area (TPSA) is 66.5 Å². The number of nitrogens with one attached hydrogen (secondary N) is 1. The molecule has 0 saturated carbocycles. The second-order valence-corrected chi connectivity index (χ2v) is 11.6. The first-order valence-electron chi connectivity index (χ1n) is 10.6. The highest BCUT2D eigenvalue weighted by atomic mass is 35.5. The summed E-state index contributed by atoms with van der Waals surface area (Å²) in [4.78, 5) is 12.9. The first-order chi connectivity index (χ1) is 16.2. The van der Waals surface area contributed by atoms with Gasteiger partial charge in [-0.2, -0.15) is 11.8 Å². The van der Waals surface area contributed by atoms with Crippen molar-refractivity contribution in [1.82, 2.24) is 5.32 Å². The van der Waals surface area contributed by atoms with Gasteiger partial charge in [-0.3, -0.25) is 9.10 Å². The van der Waals surface area contributed by atoms with Crippen molar-refractivity contribution in [3.05, 3.63) is 93.5 Å². The summed E-state index contributed by atoms with van der Waals surface area (Å²) in [7, 11) is -3.98. The van der Waals surface area contributed by atoms with Gasteiger partial charge in [-0.05, 0) is 61.4 Å². The number of carbonyl (C=O) groups is 1. The normalized spacial score (nSPS) is 11.3. The Labute approximate surface area is 215 Å². The highest BCUT2D eigenvalue weighted by molar-refractivity contribution is 7.98. The summed E-state index contributed by atoms with van der Waals surface area (Å²) in [5.41, 5.74) is 3.12. The molecule has 1 amide bonds. The van der Waals surface area contributed by atoms with Crippen molar-refractivity contribution < 1.29 is 13.2 Å². The van der Waals surface area contributed by atoms with Gasteiger partial charge in [-0.1, -0.05) is 59.1 Å². The first kappa shape index (κ1) is 26.4. The number of nitrogens with zero attached hydrogens (tertiary/aromatic N) is 1. The number of carbonyl (C=O) groups excluding carboxylic acids is 1. The lowest BCUT2D eigenvalue weighted by atomic mass is 10.2. The Hall–Kier alpha value is -2.19. The minimum Gasteiger partial charge on any atom is -0.354 e. The maximum absolute atomic E-state index is 13.5. The fourth-order valence-corrected chi connectivity index (χ4v) is 5.92. The summed E-state index contributed by atoms with van der Waals surface area (Å²) < 4.78 is 28.1. The lowest BCUT2D eigenvalue weighted by Gasteiger charge is -2.26. The average Bonchev–Trinajstić information content (AvgIpc) is 2.79. The first-order valence-corrected chi connectivity index (χ1v) is 14.0. The van der Waals surface area contributed by atoms with Gasteiger partial charge in [-0.25, -0.2) is 8.42 Å². The quantitative estimate of drug-likeness (QED) is 0.329. The number of hydrogen-bond acceptors (Lipinski definition) is 4. The van der Waals surface area contributed by atoms with Crippen molar-refractivity contribution in [2.45, 2.75) is 24.5 Å². The minimum absolute atomic E-state index is 0.113. The Morgan fingerprint density at radius 2 is 1.68 bits per heavy atom. The molecule has 0 spiro atoms. The van der Waals surface area contributed by atoms with Crippen molar-refractivity contribution in [2.24, 2.45) is 0 Å². The van der Waals surface area contributed by atoms with E-state index in [-0.39, 0.29) is 11.4 Å². The Bertz CT molecular complexity index is 1250. The molecule has 5 nitrogen and oxygen atoms in total. The number of anilines is 1. The van der Waals surface area contributed by atoms with Crippen LogP contribution in [-0.4, -0.2) is 33.2 Å². The molecule has 0 aromatic heterocycles. The molecule has 34 heavy (non-hydrogen) atoms. The minimum atomic E-state index is -3.98. The van der Waals surface area contributed by atoms with E-state index < -0.39 is 15.9 Å². The van der Waals surface area contributed by atoms with E-state index in [1.165, 1.54) is 0 Å². The molecule has 3 aromatic rings. The molecule has 0 aliphatic heterocycles. The molecule has 0 unspecified atom stereocenters. The zero-order valence-corrected chi connectivity index (χ0v) is 22.1. The summed E-state index contributed by atoms with van der Waals surface area (Å²) in [6, 6.07) is 19.2. The molecule has 0 heterocycles. The van der Waals surface area contributed by atoms with Crippen LogP contribution < -0.4 is 9.62 Å². The maximum Gasteiger partial charge on any atom is 0.264 e. The van der Waals surface area contributed by atoms with Gasteiger partial charge in [0.2, 0.25) is 5.91 Å². The molecule has 0 radical (unpaired) electrons. The zero-order valence-electron chi connectivity index (χ0n) is 18.9. The SMILES string of the molecule is Cc1ccc(S(=O)(=O)N(CC(=O)NCCSCc2cccc(Cl)c2)c2cc(Cl)ccc2C)cc1. The van der Waals surface area contributed by atoms with Crippen LogP contribution in [0.4, 0.5) is 5.69 Å². The second kappa shape index (κ2) is 12.0. The van der Waals surface area contributed by atoms with Crippen LogP contribution in [0.5, 0.6) is 0 Å². The van der Waals surface area contributed by atoms with Crippen molar-refractivity contribution in [1.29, 1.82) is 0 Å². The molecule has 3 rings (SSSR count). The van der Waals surface area contributed by atoms with Crippen LogP contribution in [0.15, 0.2) is 71.6 Å². The van der Waals surface area contributed by atoms with Gasteiger partial charge >= 0.3 is 0 Å². The van der Waals surface area contributed by atoms with Crippen LogP contribution in [0, 0.1) is 13.8 Å². The van der Waals surface area contributed by atoms with Gasteiger partial charge in [0, 0.05) is 28.1 Å². The number of hydrogen-bond donors (Lipinski definition) is 1. The van der Waals surface area contributed by atoms with Gasteiger partial charge in [-0.15, -0.1) is 0 Å². The van der Waals surface area contributed by atoms with E-state index >= 15 is 0 Å². The smallest absolute Gasteiger partial charge is 0.264 e. The fourth-order valence-electron chi connectivity index (χ4n) is 3.25. The van der Waals surface area contributed by atoms with Crippen LogP contribution in [-0.2, 0) is 20.6 Å². The molecule has 0 atom stereocenters. The number of benzene rings is 3. The number of aryl methyl sites for hydroxylation is 2. The lowest BCUT2D eigenvalue weighted by molar-refractivity contribution is -0.119. The molecule has 0 fully saturated rings. The standard InChI is InChI=1S/C25H26Cl2N2O3S2/c1-18-6-10-23(11-7-18)34(31,32)29(24-15-22(27)9-8-19(24)2)16-25(30)28-12-13-33-17-20-4-3-5-21(26)14-20/h3-11,14-15H,12-13,16-17H2,1-2H3,(H,28,30). The molecule has 9 heteroatoms. The fraction of sp³-hybridized carbons (Fsp3) is 0.240. The largest absolute Gasteiger partial charge is 0.354 e. The van der Waals surface area contributed by atoms with Crippen LogP contribution in [0.3, 0.4) is 0 Å². The van der Waals surface area contributed by atoms with Crippen molar-refractivity contribution in [3.8, 4) is 0 Å². The lowest BCUT2D eigenvalue weighted by Crippen LogP contribution is -2.41. The van der Waals surface area contributed by atoms with E-state index in [0.717, 1.165) is 21.2 Å². The van der Waals surface area contributed by atoms with Gasteiger partial charge in [0.05, 0.1) is 10.6 Å². The van der Waals surface area contributed by atoms with Crippen molar-refractivity contribution in [2.75, 3.05) is 23.1 Å². The highest BCUT2D eigenvalue weighted by Crippen LogP contribution is 2.29. The predicted molar refractivity (Wildman–Crippen MR) is 143 cm³/mol. The van der Waals surface area contributed by atoms with E-state index in [2.05, 4.69) is 5.32 Å². The third-order valence-electron chi connectivity index (χ3n) is 5.06. The number of thioether (sulfide) groups is 1. The molecule has 0 aliphatic rings. The number of halogens is 2. The monoisotopic (exact) mass is 536 g/mol. The van der Waals surface area contributed by atoms with E-state index in [4.69, 9.17) is 23.2 Å². The molecule has 0 bridgehead atoms. The second-order valence-electron chi connectivity index (χ2n) is 7.79. The van der Waals surface area contributed by atoms with E-state index in [9.17, 15) is 13.2 Å². The van der Waals surface area contributed by atoms with Crippen LogP contribution in [0.2, 0.25) is 10.0 Å². The van der Waals surface area contributed by atoms with Crippen molar-refractivity contribution >= 4 is 56.6 Å². The van der Waals surface area contributed by atoms with E-state index in [0.29, 0.717) is 33.6 Å². The average molecular weight is 538 g/mol. The molecule has 180 valence electrons. The summed E-state index contributed by atoms with van der Waals surface area (Å²) in [5.74, 6) is 1.06. The Balaban J connectivity index is 1.69. The molecule has 0 saturated heterocycles. The molecular formula is C25H26Cl2N2O3S2. The number of amides is 1. The molecular weight excluding hydrogens is 511 g/mol. The number of rotatable bonds is 10. The van der Waals surface area contributed by atoms with Crippen LogP contribution >= 0.6 is 35.0 Å². The van der Waals surface area contributed by atoms with Gasteiger partial charge in [0.1, 0.15) is 6.54 Å². The third kappa shape index (κ3) is 7.15. The van der Waals surface area contributed by atoms with Gasteiger partial charge < -0.3 is 5.32 Å². The molecule has 3 aromatic carbocycles.